The van der Waals surface area contributed by atoms with Gasteiger partial charge in [-0.05, 0) is 24.3 Å². The Morgan fingerprint density at radius 1 is 1.25 bits per heavy atom. The normalized spacial score (nSPS) is 11.2. The fraction of sp³-hybridized carbons (Fsp3) is 0. The van der Waals surface area contributed by atoms with E-state index in [1.807, 2.05) is 0 Å². The number of nitrogens with zero attached hydrogens (tertiary/aromatic N) is 2. The lowest BCUT2D eigenvalue weighted by Gasteiger charge is -1.98. The summed E-state index contributed by atoms with van der Waals surface area (Å²) >= 11 is 0. The van der Waals surface area contributed by atoms with Gasteiger partial charge in [0, 0.05) is 0 Å². The first kappa shape index (κ1) is 15.2. The summed E-state index contributed by atoms with van der Waals surface area (Å²) in [5, 5.41) is 20.4. The number of benzene rings is 1. The average Bonchev–Trinajstić information content (AvgIpc) is 2.53. The number of hydrogen-bond donors (Lipinski definition) is 2. The Kier molecular flexibility index (Phi) is 3.66. The van der Waals surface area contributed by atoms with Crippen LogP contribution in [-0.4, -0.2) is 20.0 Å². The van der Waals surface area contributed by atoms with Gasteiger partial charge < -0.3 is 14.5 Å². The Morgan fingerprint density at radius 3 is 2.71 bits per heavy atom. The summed E-state index contributed by atoms with van der Waals surface area (Å²) in [6, 6.07) is 6.68. The Morgan fingerprint density at radius 2 is 2.00 bits per heavy atom. The molecule has 3 rings (SSSR count). The van der Waals surface area contributed by atoms with E-state index in [1.54, 1.807) is 24.3 Å². The average molecular weight is 327 g/mol. The molecule has 0 unspecified atom stereocenters. The highest BCUT2D eigenvalue weighted by atomic mass is 16.6. The summed E-state index contributed by atoms with van der Waals surface area (Å²) in [5.74, 6) is -1.15. The topological polar surface area (TPSA) is 139 Å². The molecule has 0 saturated carbocycles. The first-order chi connectivity index (χ1) is 11.5. The predicted octanol–water partition coefficient (Wildman–Crippen LogP) is 1.66. The van der Waals surface area contributed by atoms with E-state index in [0.717, 1.165) is 0 Å². The van der Waals surface area contributed by atoms with Crippen molar-refractivity contribution in [2.75, 3.05) is 0 Å². The first-order valence-electron chi connectivity index (χ1n) is 6.63. The smallest absolute Gasteiger partial charge is 0.395 e. The van der Waals surface area contributed by atoms with Gasteiger partial charge in [-0.1, -0.05) is 12.1 Å². The van der Waals surface area contributed by atoms with Gasteiger partial charge in [0.2, 0.25) is 0 Å². The molecule has 0 spiro atoms. The van der Waals surface area contributed by atoms with Crippen molar-refractivity contribution in [3.05, 3.63) is 72.6 Å². The van der Waals surface area contributed by atoms with Crippen LogP contribution in [0.15, 0.2) is 44.5 Å². The summed E-state index contributed by atoms with van der Waals surface area (Å²) in [6.07, 6.45) is 3.79. The van der Waals surface area contributed by atoms with Crippen molar-refractivity contribution in [1.29, 1.82) is 0 Å². The number of aromatic amines is 1. The summed E-state index contributed by atoms with van der Waals surface area (Å²) in [7, 11) is 0. The summed E-state index contributed by atoms with van der Waals surface area (Å²) < 4.78 is 5.33. The van der Waals surface area contributed by atoms with Gasteiger partial charge in [-0.3, -0.25) is 19.7 Å². The van der Waals surface area contributed by atoms with Crippen molar-refractivity contribution in [3.63, 3.8) is 0 Å². The molecular formula is C15H9N3O6. The van der Waals surface area contributed by atoms with Crippen LogP contribution >= 0.6 is 0 Å². The third kappa shape index (κ3) is 2.65. The van der Waals surface area contributed by atoms with Gasteiger partial charge in [0.25, 0.3) is 5.88 Å². The van der Waals surface area contributed by atoms with Gasteiger partial charge >= 0.3 is 11.2 Å². The molecule has 0 amide bonds. The molecule has 9 heteroatoms. The van der Waals surface area contributed by atoms with Crippen LogP contribution in [0.1, 0.15) is 11.4 Å². The Bertz CT molecular complexity index is 1100. The highest BCUT2D eigenvalue weighted by molar-refractivity contribution is 5.80. The highest BCUT2D eigenvalue weighted by Gasteiger charge is 2.21. The molecule has 1 aromatic carbocycles. The Hall–Kier alpha value is -3.75. The molecule has 0 fully saturated rings. The largest absolute Gasteiger partial charge is 0.488 e. The number of para-hydroxylation sites is 1. The minimum atomic E-state index is -1.10. The lowest BCUT2D eigenvalue weighted by atomic mass is 10.1. The molecule has 0 atom stereocenters. The molecule has 3 aromatic rings. The standard InChI is InChI=1S/C15H9N3O6/c19-13-8(7-24-10-4-2-1-3-9(10)13)5-6-11-16-14(20)12(18(22)23)15(21)17-11/h1-7H,(H2,16,17,20,21)/b6-5+. The minimum Gasteiger partial charge on any atom is -0.488 e. The maximum absolute atomic E-state index is 12.3. The number of aromatic nitrogens is 2. The zero-order valence-corrected chi connectivity index (χ0v) is 11.9. The van der Waals surface area contributed by atoms with Gasteiger partial charge in [-0.2, -0.15) is 4.98 Å². The number of fused-ring (bicyclic) bond motifs is 1. The van der Waals surface area contributed by atoms with Crippen LogP contribution in [-0.2, 0) is 0 Å². The highest BCUT2D eigenvalue weighted by Crippen LogP contribution is 2.17. The maximum atomic E-state index is 12.3. The predicted molar refractivity (Wildman–Crippen MR) is 84.6 cm³/mol. The van der Waals surface area contributed by atoms with Crippen LogP contribution in [0.25, 0.3) is 23.1 Å². The van der Waals surface area contributed by atoms with E-state index in [9.17, 15) is 24.8 Å². The Labute approximate surface area is 132 Å². The lowest BCUT2D eigenvalue weighted by Crippen LogP contribution is -2.14. The molecule has 2 N–H and O–H groups in total. The van der Waals surface area contributed by atoms with Gasteiger partial charge in [-0.25, -0.2) is 0 Å². The van der Waals surface area contributed by atoms with E-state index in [4.69, 9.17) is 4.42 Å². The van der Waals surface area contributed by atoms with E-state index in [0.29, 0.717) is 11.0 Å². The quantitative estimate of drug-likeness (QED) is 0.550. The van der Waals surface area contributed by atoms with Crippen LogP contribution in [0.2, 0.25) is 0 Å². The zero-order chi connectivity index (χ0) is 17.3. The molecule has 0 aliphatic heterocycles. The monoisotopic (exact) mass is 327 g/mol. The van der Waals surface area contributed by atoms with Crippen molar-refractivity contribution in [2.45, 2.75) is 0 Å². The van der Waals surface area contributed by atoms with E-state index < -0.39 is 22.0 Å². The van der Waals surface area contributed by atoms with Crippen molar-refractivity contribution in [1.82, 2.24) is 9.97 Å². The van der Waals surface area contributed by atoms with E-state index in [1.165, 1.54) is 18.4 Å². The molecule has 0 saturated heterocycles. The van der Waals surface area contributed by atoms with E-state index in [2.05, 4.69) is 9.97 Å². The van der Waals surface area contributed by atoms with E-state index >= 15 is 0 Å². The molecule has 9 nitrogen and oxygen atoms in total. The van der Waals surface area contributed by atoms with Crippen LogP contribution in [0.4, 0.5) is 5.69 Å². The second-order valence-electron chi connectivity index (χ2n) is 4.73. The number of aromatic hydroxyl groups is 1. The molecule has 0 aliphatic carbocycles. The number of hydrogen-bond acceptors (Lipinski definition) is 7. The molecular weight excluding hydrogens is 318 g/mol. The number of nitrogens with one attached hydrogen (secondary N) is 1. The number of rotatable bonds is 3. The summed E-state index contributed by atoms with van der Waals surface area (Å²) in [6.45, 7) is 0. The van der Waals surface area contributed by atoms with Crippen LogP contribution in [0.3, 0.4) is 0 Å². The molecule has 24 heavy (non-hydrogen) atoms. The number of H-pyrrole nitrogens is 1. The fourth-order valence-electron chi connectivity index (χ4n) is 2.09. The Balaban J connectivity index is 2.03. The van der Waals surface area contributed by atoms with Crippen molar-refractivity contribution in [2.24, 2.45) is 0 Å². The van der Waals surface area contributed by atoms with E-state index in [-0.39, 0.29) is 16.8 Å². The van der Waals surface area contributed by atoms with Crippen molar-refractivity contribution >= 4 is 28.8 Å². The van der Waals surface area contributed by atoms with Crippen LogP contribution in [0, 0.1) is 10.1 Å². The van der Waals surface area contributed by atoms with Gasteiger partial charge in [-0.15, -0.1) is 0 Å². The van der Waals surface area contributed by atoms with Gasteiger partial charge in [0.05, 0.1) is 15.9 Å². The minimum absolute atomic E-state index is 0.143. The van der Waals surface area contributed by atoms with Crippen molar-refractivity contribution < 1.29 is 14.4 Å². The molecule has 120 valence electrons. The maximum Gasteiger partial charge on any atom is 0.395 e. The van der Waals surface area contributed by atoms with Crippen molar-refractivity contribution in [3.8, 4) is 5.88 Å². The summed E-state index contributed by atoms with van der Waals surface area (Å²) in [4.78, 5) is 39.0. The lowest BCUT2D eigenvalue weighted by molar-refractivity contribution is -0.387. The van der Waals surface area contributed by atoms with Gasteiger partial charge in [0.1, 0.15) is 17.7 Å². The molecule has 0 bridgehead atoms. The summed E-state index contributed by atoms with van der Waals surface area (Å²) in [5.41, 5.74) is -1.81. The second kappa shape index (κ2) is 5.80. The van der Waals surface area contributed by atoms with Crippen LogP contribution in [0.5, 0.6) is 5.88 Å². The third-order valence-corrected chi connectivity index (χ3v) is 3.20. The second-order valence-corrected chi connectivity index (χ2v) is 4.73. The van der Waals surface area contributed by atoms with Gasteiger partial charge in [0.15, 0.2) is 5.43 Å². The fourth-order valence-corrected chi connectivity index (χ4v) is 2.09. The molecule has 0 aliphatic rings. The molecule has 2 aromatic heterocycles. The van der Waals surface area contributed by atoms with Crippen LogP contribution < -0.4 is 11.0 Å². The third-order valence-electron chi connectivity index (χ3n) is 3.20. The first-order valence-corrected chi connectivity index (χ1v) is 6.63. The SMILES string of the molecule is O=c1[nH]c(/C=C/c2coc3ccccc3c2=O)nc(O)c1[N+](=O)[O-]. The molecule has 0 radical (unpaired) electrons. The molecule has 2 heterocycles. The zero-order valence-electron chi connectivity index (χ0n) is 11.9. The number of nitro groups is 1.